The summed E-state index contributed by atoms with van der Waals surface area (Å²) in [5, 5.41) is 7.53. The summed E-state index contributed by atoms with van der Waals surface area (Å²) < 4.78 is 7.16. The van der Waals surface area contributed by atoms with Gasteiger partial charge in [-0.2, -0.15) is 5.10 Å². The molecule has 1 aromatic heterocycles. The predicted octanol–water partition coefficient (Wildman–Crippen LogP) is 3.55. The molecule has 2 amide bonds. The fourth-order valence-corrected chi connectivity index (χ4v) is 3.12. The van der Waals surface area contributed by atoms with Crippen LogP contribution in [0.5, 0.6) is 5.75 Å². The summed E-state index contributed by atoms with van der Waals surface area (Å²) in [6.45, 7) is 9.42. The van der Waals surface area contributed by atoms with E-state index in [-0.39, 0.29) is 11.6 Å². The third kappa shape index (κ3) is 3.62. The van der Waals surface area contributed by atoms with E-state index in [1.807, 2.05) is 34.7 Å². The van der Waals surface area contributed by atoms with Crippen molar-refractivity contribution in [3.63, 3.8) is 0 Å². The van der Waals surface area contributed by atoms with Crippen molar-refractivity contribution in [3.8, 4) is 5.75 Å². The van der Waals surface area contributed by atoms with Crippen LogP contribution in [-0.4, -0.2) is 34.4 Å². The number of aryl methyl sites for hydroxylation is 1. The number of benzene rings is 1. The highest BCUT2D eigenvalue weighted by atomic mass is 16.5. The van der Waals surface area contributed by atoms with Gasteiger partial charge in [-0.05, 0) is 57.4 Å². The lowest BCUT2D eigenvalue weighted by atomic mass is 10.00. The quantitative estimate of drug-likeness (QED) is 0.908. The fourth-order valence-electron chi connectivity index (χ4n) is 3.12. The first kappa shape index (κ1) is 17.3. The van der Waals surface area contributed by atoms with Crippen LogP contribution in [0.4, 0.5) is 10.6 Å². The SMILES string of the molecule is COc1ccc2c(c1)CN(C(=O)Nc1cc(C)nn1C(C)(C)C)CC2. The fraction of sp³-hybridized carbons (Fsp3) is 0.474. The molecule has 0 unspecified atom stereocenters. The second kappa shape index (κ2) is 6.43. The Labute approximate surface area is 148 Å². The molecule has 3 rings (SSSR count). The summed E-state index contributed by atoms with van der Waals surface area (Å²) in [5.74, 6) is 1.55. The molecule has 1 aliphatic rings. The van der Waals surface area contributed by atoms with Gasteiger partial charge < -0.3 is 9.64 Å². The highest BCUT2D eigenvalue weighted by Crippen LogP contribution is 2.25. The Morgan fingerprint density at radius 1 is 1.24 bits per heavy atom. The molecule has 134 valence electrons. The summed E-state index contributed by atoms with van der Waals surface area (Å²) in [7, 11) is 1.66. The molecule has 0 fully saturated rings. The molecule has 1 aromatic carbocycles. The zero-order valence-corrected chi connectivity index (χ0v) is 15.6. The van der Waals surface area contributed by atoms with Crippen LogP contribution in [0.3, 0.4) is 0 Å². The Morgan fingerprint density at radius 3 is 2.68 bits per heavy atom. The summed E-state index contributed by atoms with van der Waals surface area (Å²) in [6, 6.07) is 7.88. The Morgan fingerprint density at radius 2 is 2.00 bits per heavy atom. The summed E-state index contributed by atoms with van der Waals surface area (Å²) in [5.41, 5.74) is 3.11. The second-order valence-electron chi connectivity index (χ2n) is 7.49. The molecule has 25 heavy (non-hydrogen) atoms. The van der Waals surface area contributed by atoms with E-state index in [2.05, 4.69) is 37.3 Å². The van der Waals surface area contributed by atoms with Gasteiger partial charge in [0, 0.05) is 19.2 Å². The van der Waals surface area contributed by atoms with E-state index in [9.17, 15) is 4.79 Å². The zero-order valence-electron chi connectivity index (χ0n) is 15.6. The second-order valence-corrected chi connectivity index (χ2v) is 7.49. The van der Waals surface area contributed by atoms with Gasteiger partial charge in [0.05, 0.1) is 18.3 Å². The minimum absolute atomic E-state index is 0.0983. The van der Waals surface area contributed by atoms with Crippen molar-refractivity contribution in [2.75, 3.05) is 19.0 Å². The molecule has 2 heterocycles. The predicted molar refractivity (Wildman–Crippen MR) is 98.1 cm³/mol. The Balaban J connectivity index is 1.77. The highest BCUT2D eigenvalue weighted by molar-refractivity contribution is 5.88. The molecule has 0 spiro atoms. The van der Waals surface area contributed by atoms with Crippen molar-refractivity contribution < 1.29 is 9.53 Å². The van der Waals surface area contributed by atoms with Gasteiger partial charge in [-0.15, -0.1) is 0 Å². The number of rotatable bonds is 2. The van der Waals surface area contributed by atoms with Crippen molar-refractivity contribution in [2.45, 2.75) is 46.2 Å². The van der Waals surface area contributed by atoms with Crippen molar-refractivity contribution in [1.82, 2.24) is 14.7 Å². The molecule has 2 aromatic rings. The standard InChI is InChI=1S/C19H26N4O2/c1-13-10-17(23(21-13)19(2,3)4)20-18(24)22-9-8-14-6-7-16(25-5)11-15(14)12-22/h6-7,10-11H,8-9,12H2,1-5H3,(H,20,24). The number of aromatic nitrogens is 2. The number of carbonyl (C=O) groups excluding carboxylic acids is 1. The molecule has 0 radical (unpaired) electrons. The molecule has 1 aliphatic heterocycles. The number of carbonyl (C=O) groups is 1. The largest absolute Gasteiger partial charge is 0.497 e. The van der Waals surface area contributed by atoms with Crippen molar-refractivity contribution in [1.29, 1.82) is 0 Å². The Hall–Kier alpha value is -2.50. The Bertz CT molecular complexity index is 789. The minimum Gasteiger partial charge on any atom is -0.497 e. The van der Waals surface area contributed by atoms with Gasteiger partial charge in [-0.1, -0.05) is 6.07 Å². The number of methoxy groups -OCH3 is 1. The molecule has 1 N–H and O–H groups in total. The molecular formula is C19H26N4O2. The van der Waals surface area contributed by atoms with Crippen LogP contribution >= 0.6 is 0 Å². The summed E-state index contributed by atoms with van der Waals surface area (Å²) in [4.78, 5) is 14.6. The average Bonchev–Trinajstić information content (AvgIpc) is 2.94. The van der Waals surface area contributed by atoms with Gasteiger partial charge in [0.15, 0.2) is 0 Å². The van der Waals surface area contributed by atoms with Gasteiger partial charge in [-0.3, -0.25) is 5.32 Å². The van der Waals surface area contributed by atoms with E-state index in [1.54, 1.807) is 7.11 Å². The Kier molecular flexibility index (Phi) is 4.45. The molecule has 6 nitrogen and oxygen atoms in total. The monoisotopic (exact) mass is 342 g/mol. The number of fused-ring (bicyclic) bond motifs is 1. The van der Waals surface area contributed by atoms with Crippen molar-refractivity contribution >= 4 is 11.8 Å². The molecular weight excluding hydrogens is 316 g/mol. The van der Waals surface area contributed by atoms with E-state index in [0.717, 1.165) is 29.2 Å². The lowest BCUT2D eigenvalue weighted by Gasteiger charge is -2.30. The first-order valence-electron chi connectivity index (χ1n) is 8.57. The molecule has 0 saturated carbocycles. The molecule has 0 bridgehead atoms. The number of urea groups is 1. The maximum atomic E-state index is 12.8. The molecule has 0 saturated heterocycles. The van der Waals surface area contributed by atoms with Crippen LogP contribution in [0.15, 0.2) is 24.3 Å². The van der Waals surface area contributed by atoms with E-state index < -0.39 is 0 Å². The lowest BCUT2D eigenvalue weighted by molar-refractivity contribution is 0.205. The van der Waals surface area contributed by atoms with Crippen LogP contribution in [0.2, 0.25) is 0 Å². The third-order valence-corrected chi connectivity index (χ3v) is 4.41. The summed E-state index contributed by atoms with van der Waals surface area (Å²) >= 11 is 0. The third-order valence-electron chi connectivity index (χ3n) is 4.41. The van der Waals surface area contributed by atoms with Gasteiger partial charge in [0.2, 0.25) is 0 Å². The smallest absolute Gasteiger partial charge is 0.323 e. The van der Waals surface area contributed by atoms with Crippen molar-refractivity contribution in [3.05, 3.63) is 41.1 Å². The maximum Gasteiger partial charge on any atom is 0.323 e. The minimum atomic E-state index is -0.196. The number of nitrogens with one attached hydrogen (secondary N) is 1. The topological polar surface area (TPSA) is 59.4 Å². The zero-order chi connectivity index (χ0) is 18.2. The van der Waals surface area contributed by atoms with Crippen LogP contribution in [0.25, 0.3) is 0 Å². The summed E-state index contributed by atoms with van der Waals surface area (Å²) in [6.07, 6.45) is 0.851. The first-order valence-corrected chi connectivity index (χ1v) is 8.57. The highest BCUT2D eigenvalue weighted by Gasteiger charge is 2.24. The van der Waals surface area contributed by atoms with Crippen molar-refractivity contribution in [2.24, 2.45) is 0 Å². The van der Waals surface area contributed by atoms with Crippen LogP contribution in [-0.2, 0) is 18.5 Å². The van der Waals surface area contributed by atoms with Gasteiger partial charge in [0.25, 0.3) is 0 Å². The van der Waals surface area contributed by atoms with E-state index in [0.29, 0.717) is 13.1 Å². The number of anilines is 1. The van der Waals surface area contributed by atoms with E-state index in [1.165, 1.54) is 5.56 Å². The first-order chi connectivity index (χ1) is 11.8. The maximum absolute atomic E-state index is 12.8. The van der Waals surface area contributed by atoms with Gasteiger partial charge in [-0.25, -0.2) is 9.48 Å². The van der Waals surface area contributed by atoms with E-state index >= 15 is 0 Å². The van der Waals surface area contributed by atoms with Gasteiger partial charge >= 0.3 is 6.03 Å². The van der Waals surface area contributed by atoms with E-state index in [4.69, 9.17) is 4.74 Å². The number of hydrogen-bond acceptors (Lipinski definition) is 3. The molecule has 0 atom stereocenters. The number of ether oxygens (including phenoxy) is 1. The van der Waals surface area contributed by atoms with Gasteiger partial charge in [0.1, 0.15) is 11.6 Å². The average molecular weight is 342 g/mol. The van der Waals surface area contributed by atoms with Crippen LogP contribution < -0.4 is 10.1 Å². The molecule has 6 heteroatoms. The van der Waals surface area contributed by atoms with Crippen LogP contribution in [0.1, 0.15) is 37.6 Å². The number of hydrogen-bond donors (Lipinski definition) is 1. The number of amides is 2. The molecule has 0 aliphatic carbocycles. The number of nitrogens with zero attached hydrogens (tertiary/aromatic N) is 3. The normalized spacial score (nSPS) is 14.2. The lowest BCUT2D eigenvalue weighted by Crippen LogP contribution is -2.40. The van der Waals surface area contributed by atoms with Crippen LogP contribution in [0, 0.1) is 6.92 Å².